The number of carbonyl (C=O) groups excluding carboxylic acids is 2. The molecule has 1 aliphatic heterocycles. The van der Waals surface area contributed by atoms with E-state index in [2.05, 4.69) is 13.8 Å². The van der Waals surface area contributed by atoms with Crippen molar-refractivity contribution in [2.75, 3.05) is 46.6 Å². The number of hydrogen-bond donors (Lipinski definition) is 7. The average molecular weight is 876 g/mol. The largest absolute Gasteiger partial charge is 0.460 e. The smallest absolute Gasteiger partial charge is 0.309 e. The lowest BCUT2D eigenvalue weighted by Crippen LogP contribution is -2.56. The summed E-state index contributed by atoms with van der Waals surface area (Å²) in [6.07, 6.45) is 27.4. The molecule has 14 nitrogen and oxygen atoms in total. The highest BCUT2D eigenvalue weighted by Gasteiger charge is 2.47. The Balaban J connectivity index is 0.000000668. The second kappa shape index (κ2) is 30.8. The average Bonchev–Trinajstić information content (AvgIpc) is 3.18. The van der Waals surface area contributed by atoms with E-state index in [1.807, 2.05) is 0 Å². The predicted octanol–water partition coefficient (Wildman–Crippen LogP) is 6.81. The number of nitrogens with zero attached hydrogens (tertiary/aromatic N) is 1. The number of unbranched alkanes of at least 4 members (excludes halogenated alkanes) is 11. The number of carbonyl (C=O) groups is 2. The predicted molar refractivity (Wildman–Crippen MR) is 233 cm³/mol. The first-order valence-electron chi connectivity index (χ1n) is 24.3. The van der Waals surface area contributed by atoms with Gasteiger partial charge in [-0.05, 0) is 56.9 Å². The maximum absolute atomic E-state index is 13.1. The molecule has 0 aromatic heterocycles. The van der Waals surface area contributed by atoms with Gasteiger partial charge in [-0.2, -0.15) is 9.78 Å². The van der Waals surface area contributed by atoms with Crippen molar-refractivity contribution < 1.29 is 64.6 Å². The van der Waals surface area contributed by atoms with Crippen molar-refractivity contribution in [1.29, 1.82) is 0 Å². The number of hydrogen-bond acceptors (Lipinski definition) is 14. The van der Waals surface area contributed by atoms with E-state index < -0.39 is 42.8 Å². The number of rotatable bonds is 35. The fourth-order valence-electron chi connectivity index (χ4n) is 8.50. The minimum Gasteiger partial charge on any atom is -0.460 e. The number of aldehydes is 1. The molecule has 2 aliphatic carbocycles. The van der Waals surface area contributed by atoms with Crippen molar-refractivity contribution in [2.45, 2.75) is 217 Å². The summed E-state index contributed by atoms with van der Waals surface area (Å²) < 4.78 is 10.3. The zero-order chi connectivity index (χ0) is 45.0. The van der Waals surface area contributed by atoms with Gasteiger partial charge in [-0.1, -0.05) is 129 Å². The van der Waals surface area contributed by atoms with Gasteiger partial charge in [-0.3, -0.25) is 9.69 Å². The monoisotopic (exact) mass is 876 g/mol. The normalized spacial score (nSPS) is 22.2. The molecule has 0 spiro atoms. The molecule has 0 aromatic rings. The summed E-state index contributed by atoms with van der Waals surface area (Å²) >= 11 is 0. The van der Waals surface area contributed by atoms with Crippen molar-refractivity contribution in [2.24, 2.45) is 23.7 Å². The molecule has 4 atom stereocenters. The van der Waals surface area contributed by atoms with E-state index in [-0.39, 0.29) is 57.4 Å². The van der Waals surface area contributed by atoms with Crippen LogP contribution in [0, 0.1) is 23.7 Å². The van der Waals surface area contributed by atoms with Gasteiger partial charge in [0.05, 0.1) is 25.6 Å². The zero-order valence-electron chi connectivity index (χ0n) is 38.5. The third-order valence-corrected chi connectivity index (χ3v) is 12.9. The molecule has 14 heteroatoms. The van der Waals surface area contributed by atoms with Gasteiger partial charge in [0, 0.05) is 45.3 Å². The molecule has 2 saturated carbocycles. The Morgan fingerprint density at radius 3 is 1.82 bits per heavy atom. The van der Waals surface area contributed by atoms with E-state index in [1.54, 1.807) is 0 Å². The lowest BCUT2D eigenvalue weighted by molar-refractivity contribution is -0.524. The molecule has 3 fully saturated rings. The van der Waals surface area contributed by atoms with Crippen molar-refractivity contribution in [1.82, 2.24) is 4.90 Å². The quantitative estimate of drug-likeness (QED) is 0.0115. The van der Waals surface area contributed by atoms with Crippen LogP contribution in [0.25, 0.3) is 0 Å². The minimum absolute atomic E-state index is 0.0676. The molecule has 0 amide bonds. The third kappa shape index (κ3) is 25.1. The van der Waals surface area contributed by atoms with E-state index in [9.17, 15) is 45.3 Å². The van der Waals surface area contributed by atoms with Crippen LogP contribution in [-0.2, 0) is 28.8 Å². The summed E-state index contributed by atoms with van der Waals surface area (Å²) in [5.74, 6) is -7.27. The molecular weight excluding hydrogens is 787 g/mol. The second-order valence-corrected chi connectivity index (χ2v) is 19.0. The summed E-state index contributed by atoms with van der Waals surface area (Å²) in [5, 5.41) is 72.2. The lowest BCUT2D eigenvalue weighted by Gasteiger charge is -2.42. The highest BCUT2D eigenvalue weighted by Crippen LogP contribution is 2.36. The van der Waals surface area contributed by atoms with Gasteiger partial charge < -0.3 is 50.0 Å². The van der Waals surface area contributed by atoms with E-state index in [4.69, 9.17) is 19.2 Å². The van der Waals surface area contributed by atoms with E-state index in [0.717, 1.165) is 57.3 Å². The fraction of sp³-hybridized carbons (Fsp3) is 0.957. The number of aliphatic hydroxyl groups excluding tert-OH is 1. The molecular formula is C47H89NO13. The van der Waals surface area contributed by atoms with Crippen LogP contribution in [0.4, 0.5) is 0 Å². The van der Waals surface area contributed by atoms with Crippen LogP contribution in [-0.4, -0.2) is 123 Å². The van der Waals surface area contributed by atoms with Crippen LogP contribution in [0.1, 0.15) is 194 Å². The standard InChI is InChI=1S/C32H61NO12.C15H28O/c1-3-4-5-6-7-8-14-27(21-26-12-11-13-26)28(35)43-25-32(41)18-17-31(40,44-45-32)23-33(19-9-10-20-34)22-29(36,37)15-16-30(38,39)24-42-2;1-2-3-4-5-6-7-9-15(13-16)12-14-10-8-11-14/h26-27,34,36-41H,3-25H2,1-2H3;13-15H,2-12H2,1H3. The van der Waals surface area contributed by atoms with Crippen LogP contribution in [0.3, 0.4) is 0 Å². The maximum atomic E-state index is 13.1. The minimum atomic E-state index is -2.35. The Bertz CT molecular complexity index is 1120. The van der Waals surface area contributed by atoms with Gasteiger partial charge in [0.15, 0.2) is 11.6 Å². The van der Waals surface area contributed by atoms with Gasteiger partial charge >= 0.3 is 5.97 Å². The Morgan fingerprint density at radius 1 is 0.754 bits per heavy atom. The van der Waals surface area contributed by atoms with Gasteiger partial charge in [-0.15, -0.1) is 0 Å². The molecule has 7 N–H and O–H groups in total. The Morgan fingerprint density at radius 2 is 1.30 bits per heavy atom. The molecule has 0 radical (unpaired) electrons. The van der Waals surface area contributed by atoms with Crippen LogP contribution < -0.4 is 0 Å². The zero-order valence-corrected chi connectivity index (χ0v) is 38.5. The van der Waals surface area contributed by atoms with Crippen LogP contribution in [0.5, 0.6) is 0 Å². The molecule has 360 valence electrons. The SMILES string of the molecule is CCCCCCCCC(C=O)CC1CCC1.CCCCCCCCC(CC1CCC1)C(=O)OCC1(O)CCC(O)(CN(CCCCO)CC(O)(O)CCC(O)(O)COC)OO1. The van der Waals surface area contributed by atoms with Crippen molar-refractivity contribution in [3.05, 3.63) is 0 Å². The Hall–Kier alpha value is -1.30. The first-order chi connectivity index (χ1) is 29.1. The van der Waals surface area contributed by atoms with Gasteiger partial charge in [0.2, 0.25) is 11.6 Å². The maximum Gasteiger partial charge on any atom is 0.309 e. The summed E-state index contributed by atoms with van der Waals surface area (Å²) in [4.78, 5) is 35.9. The molecule has 1 saturated heterocycles. The highest BCUT2D eigenvalue weighted by atomic mass is 17.3. The molecule has 61 heavy (non-hydrogen) atoms. The first-order valence-corrected chi connectivity index (χ1v) is 24.3. The number of methoxy groups -OCH3 is 1. The van der Waals surface area contributed by atoms with Crippen LogP contribution in [0.2, 0.25) is 0 Å². The molecule has 3 rings (SSSR count). The molecule has 1 heterocycles. The Labute approximate surface area is 368 Å². The van der Waals surface area contributed by atoms with Gasteiger partial charge in [-0.25, -0.2) is 0 Å². The summed E-state index contributed by atoms with van der Waals surface area (Å²) in [7, 11) is 1.29. The number of ether oxygens (including phenoxy) is 2. The van der Waals surface area contributed by atoms with E-state index >= 15 is 0 Å². The summed E-state index contributed by atoms with van der Waals surface area (Å²) in [5.41, 5.74) is 0. The van der Waals surface area contributed by atoms with Crippen molar-refractivity contribution in [3.8, 4) is 0 Å². The first kappa shape index (κ1) is 55.8. The van der Waals surface area contributed by atoms with Gasteiger partial charge in [0.1, 0.15) is 12.9 Å². The lowest BCUT2D eigenvalue weighted by atomic mass is 9.78. The molecule has 0 bridgehead atoms. The van der Waals surface area contributed by atoms with Gasteiger partial charge in [0.25, 0.3) is 0 Å². The summed E-state index contributed by atoms with van der Waals surface area (Å²) in [6.45, 7) is 3.15. The number of aliphatic hydroxyl groups is 7. The fourth-order valence-corrected chi connectivity index (χ4v) is 8.50. The Kier molecular flexibility index (Phi) is 28.2. The topological polar surface area (TPSA) is 216 Å². The van der Waals surface area contributed by atoms with E-state index in [0.29, 0.717) is 24.7 Å². The van der Waals surface area contributed by atoms with Crippen molar-refractivity contribution >= 4 is 12.3 Å². The second-order valence-electron chi connectivity index (χ2n) is 19.0. The molecule has 3 aliphatic rings. The van der Waals surface area contributed by atoms with Crippen LogP contribution in [0.15, 0.2) is 0 Å². The van der Waals surface area contributed by atoms with Crippen LogP contribution >= 0.6 is 0 Å². The molecule has 0 aromatic carbocycles. The number of esters is 1. The summed E-state index contributed by atoms with van der Waals surface area (Å²) in [6, 6.07) is 0. The third-order valence-electron chi connectivity index (χ3n) is 12.9. The van der Waals surface area contributed by atoms with Crippen molar-refractivity contribution in [3.63, 3.8) is 0 Å². The highest BCUT2D eigenvalue weighted by molar-refractivity contribution is 5.72. The van der Waals surface area contributed by atoms with E-state index in [1.165, 1.54) is 108 Å². The molecule has 4 unspecified atom stereocenters.